The molecular formula is C21H29BO2. The SMILES string of the molecule is CC1(C)OB(C(C=C=C2CCCCC2)c2ccccc2)OC1(C)C. The third-order valence-electron chi connectivity index (χ3n) is 5.67. The molecule has 1 aromatic carbocycles. The monoisotopic (exact) mass is 324 g/mol. The zero-order valence-corrected chi connectivity index (χ0v) is 15.5. The maximum absolute atomic E-state index is 6.32. The highest BCUT2D eigenvalue weighted by Gasteiger charge is 2.53. The Hall–Kier alpha value is -1.28. The number of hydrogen-bond acceptors (Lipinski definition) is 2. The molecule has 3 rings (SSSR count). The van der Waals surface area contributed by atoms with Crippen LogP contribution in [0.25, 0.3) is 0 Å². The number of hydrogen-bond donors (Lipinski definition) is 0. The topological polar surface area (TPSA) is 18.5 Å². The van der Waals surface area contributed by atoms with Crippen LogP contribution in [0.1, 0.15) is 71.2 Å². The van der Waals surface area contributed by atoms with E-state index in [9.17, 15) is 0 Å². The molecule has 1 aromatic rings. The Morgan fingerprint density at radius 3 is 2.12 bits per heavy atom. The lowest BCUT2D eigenvalue weighted by Crippen LogP contribution is -2.41. The third kappa shape index (κ3) is 3.69. The summed E-state index contributed by atoms with van der Waals surface area (Å²) in [5, 5.41) is 0. The summed E-state index contributed by atoms with van der Waals surface area (Å²) in [6.45, 7) is 8.44. The molecule has 2 nitrogen and oxygen atoms in total. The van der Waals surface area contributed by atoms with Gasteiger partial charge in [0, 0.05) is 5.82 Å². The summed E-state index contributed by atoms with van der Waals surface area (Å²) in [5.74, 6) is 0.0710. The highest BCUT2D eigenvalue weighted by atomic mass is 16.7. The summed E-state index contributed by atoms with van der Waals surface area (Å²) in [5.41, 5.74) is 5.63. The fourth-order valence-corrected chi connectivity index (χ4v) is 3.37. The van der Waals surface area contributed by atoms with Crippen LogP contribution in [0.3, 0.4) is 0 Å². The lowest BCUT2D eigenvalue weighted by molar-refractivity contribution is 0.00578. The van der Waals surface area contributed by atoms with Crippen LogP contribution in [0, 0.1) is 0 Å². The first-order valence-corrected chi connectivity index (χ1v) is 9.24. The van der Waals surface area contributed by atoms with Crippen molar-refractivity contribution in [3.05, 3.63) is 53.3 Å². The molecule has 1 saturated heterocycles. The lowest BCUT2D eigenvalue weighted by Gasteiger charge is -2.32. The number of benzene rings is 1. The van der Waals surface area contributed by atoms with Gasteiger partial charge in [0.25, 0.3) is 0 Å². The van der Waals surface area contributed by atoms with E-state index in [4.69, 9.17) is 9.31 Å². The molecule has 3 heteroatoms. The van der Waals surface area contributed by atoms with Gasteiger partial charge in [-0.3, -0.25) is 0 Å². The van der Waals surface area contributed by atoms with Crippen molar-refractivity contribution in [2.75, 3.05) is 0 Å². The molecule has 0 N–H and O–H groups in total. The normalized spacial score (nSPS) is 23.7. The number of rotatable bonds is 3. The largest absolute Gasteiger partial charge is 0.470 e. The molecule has 2 aliphatic rings. The fourth-order valence-electron chi connectivity index (χ4n) is 3.37. The van der Waals surface area contributed by atoms with E-state index in [0.29, 0.717) is 0 Å². The highest BCUT2D eigenvalue weighted by molar-refractivity contribution is 6.48. The minimum Gasteiger partial charge on any atom is -0.403 e. The second-order valence-corrected chi connectivity index (χ2v) is 8.04. The van der Waals surface area contributed by atoms with Gasteiger partial charge in [0.2, 0.25) is 0 Å². The first-order valence-electron chi connectivity index (χ1n) is 9.24. The van der Waals surface area contributed by atoms with Crippen molar-refractivity contribution in [2.24, 2.45) is 0 Å². The molecule has 1 atom stereocenters. The molecule has 0 aromatic heterocycles. The van der Waals surface area contributed by atoms with Crippen molar-refractivity contribution in [3.63, 3.8) is 0 Å². The Morgan fingerprint density at radius 2 is 1.54 bits per heavy atom. The van der Waals surface area contributed by atoms with E-state index >= 15 is 0 Å². The van der Waals surface area contributed by atoms with Gasteiger partial charge in [0.1, 0.15) is 0 Å². The molecule has 1 heterocycles. The summed E-state index contributed by atoms with van der Waals surface area (Å²) in [6, 6.07) is 10.5. The van der Waals surface area contributed by atoms with Crippen molar-refractivity contribution in [3.8, 4) is 0 Å². The van der Waals surface area contributed by atoms with Crippen LogP contribution in [0.4, 0.5) is 0 Å². The number of allylic oxidation sites excluding steroid dienone is 1. The van der Waals surface area contributed by atoms with Gasteiger partial charge >= 0.3 is 7.12 Å². The summed E-state index contributed by atoms with van der Waals surface area (Å²) in [4.78, 5) is 0. The van der Waals surface area contributed by atoms with E-state index < -0.39 is 0 Å². The van der Waals surface area contributed by atoms with Crippen molar-refractivity contribution in [1.29, 1.82) is 0 Å². The fraction of sp³-hybridized carbons (Fsp3) is 0.571. The van der Waals surface area contributed by atoms with Crippen molar-refractivity contribution >= 4 is 7.12 Å². The molecule has 1 saturated carbocycles. The van der Waals surface area contributed by atoms with Crippen LogP contribution in [-0.2, 0) is 9.31 Å². The van der Waals surface area contributed by atoms with Gasteiger partial charge in [0.15, 0.2) is 0 Å². The first-order chi connectivity index (χ1) is 11.4. The van der Waals surface area contributed by atoms with Gasteiger partial charge in [-0.1, -0.05) is 36.8 Å². The maximum Gasteiger partial charge on any atom is 0.470 e. The summed E-state index contributed by atoms with van der Waals surface area (Å²) in [7, 11) is -0.269. The van der Waals surface area contributed by atoms with Crippen LogP contribution >= 0.6 is 0 Å². The van der Waals surface area contributed by atoms with Crippen LogP contribution in [0.5, 0.6) is 0 Å². The summed E-state index contributed by atoms with van der Waals surface area (Å²) < 4.78 is 12.6. The van der Waals surface area contributed by atoms with Gasteiger partial charge in [-0.05, 0) is 70.6 Å². The molecule has 24 heavy (non-hydrogen) atoms. The first kappa shape index (κ1) is 17.5. The third-order valence-corrected chi connectivity index (χ3v) is 5.67. The molecule has 0 radical (unpaired) electrons. The molecule has 1 aliphatic heterocycles. The molecule has 0 amide bonds. The Balaban J connectivity index is 1.91. The smallest absolute Gasteiger partial charge is 0.403 e. The second kappa shape index (κ2) is 6.92. The average molecular weight is 324 g/mol. The van der Waals surface area contributed by atoms with E-state index in [1.807, 2.05) is 6.07 Å². The van der Waals surface area contributed by atoms with E-state index in [0.717, 1.165) is 0 Å². The Bertz CT molecular complexity index is 602. The maximum atomic E-state index is 6.32. The second-order valence-electron chi connectivity index (χ2n) is 8.04. The van der Waals surface area contributed by atoms with Crippen LogP contribution in [0.2, 0.25) is 0 Å². The van der Waals surface area contributed by atoms with E-state index in [1.165, 1.54) is 43.2 Å². The molecule has 2 fully saturated rings. The van der Waals surface area contributed by atoms with Gasteiger partial charge < -0.3 is 9.31 Å². The van der Waals surface area contributed by atoms with E-state index in [-0.39, 0.29) is 24.1 Å². The van der Waals surface area contributed by atoms with Gasteiger partial charge in [0.05, 0.1) is 11.2 Å². The predicted octanol–water partition coefficient (Wildman–Crippen LogP) is 5.45. The van der Waals surface area contributed by atoms with Crippen LogP contribution in [-0.4, -0.2) is 18.3 Å². The molecule has 0 spiro atoms. The summed E-state index contributed by atoms with van der Waals surface area (Å²) >= 11 is 0. The molecule has 1 unspecified atom stereocenters. The minimum absolute atomic E-state index is 0.0710. The van der Waals surface area contributed by atoms with Gasteiger partial charge in [-0.25, -0.2) is 0 Å². The van der Waals surface area contributed by atoms with Gasteiger partial charge in [-0.2, -0.15) is 0 Å². The van der Waals surface area contributed by atoms with E-state index in [2.05, 4.69) is 63.8 Å². The van der Waals surface area contributed by atoms with Gasteiger partial charge in [-0.15, -0.1) is 5.73 Å². The lowest BCUT2D eigenvalue weighted by atomic mass is 9.68. The Labute approximate surface area is 147 Å². The van der Waals surface area contributed by atoms with Crippen LogP contribution < -0.4 is 0 Å². The van der Waals surface area contributed by atoms with Crippen molar-refractivity contribution < 1.29 is 9.31 Å². The minimum atomic E-state index is -0.309. The molecule has 1 aliphatic carbocycles. The highest BCUT2D eigenvalue weighted by Crippen LogP contribution is 2.41. The molecule has 128 valence electrons. The average Bonchev–Trinajstić information content (AvgIpc) is 2.77. The Morgan fingerprint density at radius 1 is 0.958 bits per heavy atom. The van der Waals surface area contributed by atoms with E-state index in [1.54, 1.807) is 0 Å². The van der Waals surface area contributed by atoms with Crippen molar-refractivity contribution in [2.45, 2.75) is 76.8 Å². The zero-order valence-electron chi connectivity index (χ0n) is 15.5. The molecular weight excluding hydrogens is 295 g/mol. The van der Waals surface area contributed by atoms with Crippen LogP contribution in [0.15, 0.2) is 47.7 Å². The summed E-state index contributed by atoms with van der Waals surface area (Å²) in [6.07, 6.45) is 8.48. The zero-order chi connectivity index (χ0) is 17.2. The quantitative estimate of drug-likeness (QED) is 0.544. The Kier molecular flexibility index (Phi) is 5.06. The predicted molar refractivity (Wildman–Crippen MR) is 99.9 cm³/mol. The molecule has 0 bridgehead atoms. The standard InChI is InChI=1S/C21H29BO2/c1-20(2)21(3,4)24-22(23-20)19(18-13-9-6-10-14-18)16-15-17-11-7-5-8-12-17/h6,9-10,13-14,16,19H,5,7-8,11-12H2,1-4H3. The van der Waals surface area contributed by atoms with Crippen molar-refractivity contribution in [1.82, 2.24) is 0 Å².